The Morgan fingerprint density at radius 1 is 1.21 bits per heavy atom. The molecular formula is C30H43N7O4S. The van der Waals surface area contributed by atoms with Gasteiger partial charge in [-0.2, -0.15) is 0 Å². The fourth-order valence-electron chi connectivity index (χ4n) is 4.14. The SMILES string of the molecule is Cc1ccc(C(=O)NC(=N)/C=C(\O)C(C)(C)C)cc1N(N)/C=C(\N)c1cnc(C2CCN(C(=O)OC(C)(C)C)CC2)s1. The van der Waals surface area contributed by atoms with Crippen molar-refractivity contribution in [2.75, 3.05) is 18.1 Å². The third-order valence-electron chi connectivity index (χ3n) is 6.63. The van der Waals surface area contributed by atoms with Crippen LogP contribution in [0.5, 0.6) is 0 Å². The first-order chi connectivity index (χ1) is 19.4. The van der Waals surface area contributed by atoms with Gasteiger partial charge in [-0.25, -0.2) is 15.6 Å². The van der Waals surface area contributed by atoms with Crippen molar-refractivity contribution in [2.45, 2.75) is 72.8 Å². The van der Waals surface area contributed by atoms with E-state index in [1.165, 1.54) is 22.4 Å². The monoisotopic (exact) mass is 597 g/mol. The number of thiazole rings is 1. The lowest BCUT2D eigenvalue weighted by atomic mass is 9.93. The molecule has 2 heterocycles. The molecule has 0 atom stereocenters. The van der Waals surface area contributed by atoms with Gasteiger partial charge in [0, 0.05) is 48.5 Å². The Morgan fingerprint density at radius 3 is 2.45 bits per heavy atom. The summed E-state index contributed by atoms with van der Waals surface area (Å²) in [5.74, 6) is 5.83. The van der Waals surface area contributed by atoms with E-state index < -0.39 is 16.9 Å². The number of amides is 2. The fraction of sp³-hybridized carbons (Fsp3) is 0.467. The topological polar surface area (TPSA) is 171 Å². The number of ether oxygens (including phenoxy) is 1. The van der Waals surface area contributed by atoms with E-state index in [1.54, 1.807) is 56.3 Å². The number of hydrogen-bond donors (Lipinski definition) is 5. The summed E-state index contributed by atoms with van der Waals surface area (Å²) in [6, 6.07) is 5.01. The van der Waals surface area contributed by atoms with Crippen LogP contribution in [-0.4, -0.2) is 51.5 Å². The lowest BCUT2D eigenvalue weighted by molar-refractivity contribution is 0.0204. The molecule has 0 aliphatic carbocycles. The van der Waals surface area contributed by atoms with Crippen molar-refractivity contribution in [2.24, 2.45) is 17.0 Å². The van der Waals surface area contributed by atoms with E-state index >= 15 is 0 Å². The number of nitrogens with zero attached hydrogens (tertiary/aromatic N) is 3. The molecule has 0 spiro atoms. The highest BCUT2D eigenvalue weighted by atomic mass is 32.1. The highest BCUT2D eigenvalue weighted by Gasteiger charge is 2.29. The van der Waals surface area contributed by atoms with E-state index in [1.807, 2.05) is 27.7 Å². The molecule has 228 valence electrons. The van der Waals surface area contributed by atoms with Gasteiger partial charge in [0.05, 0.1) is 21.3 Å². The van der Waals surface area contributed by atoms with Gasteiger partial charge in [0.2, 0.25) is 0 Å². The minimum atomic E-state index is -0.543. The molecular weight excluding hydrogens is 554 g/mol. The van der Waals surface area contributed by atoms with Gasteiger partial charge < -0.3 is 25.8 Å². The zero-order valence-electron chi connectivity index (χ0n) is 25.4. The molecule has 7 N–H and O–H groups in total. The molecule has 0 saturated carbocycles. The first kappa shape index (κ1) is 32.6. The number of aliphatic hydroxyl groups is 1. The van der Waals surface area contributed by atoms with Crippen molar-refractivity contribution >= 4 is 40.6 Å². The Morgan fingerprint density at radius 2 is 1.86 bits per heavy atom. The van der Waals surface area contributed by atoms with E-state index in [2.05, 4.69) is 10.3 Å². The Labute approximate surface area is 251 Å². The lowest BCUT2D eigenvalue weighted by Gasteiger charge is -2.32. The van der Waals surface area contributed by atoms with Gasteiger partial charge in [-0.3, -0.25) is 15.2 Å². The highest BCUT2D eigenvalue weighted by molar-refractivity contribution is 7.12. The highest BCUT2D eigenvalue weighted by Crippen LogP contribution is 2.33. The minimum Gasteiger partial charge on any atom is -0.512 e. The van der Waals surface area contributed by atoms with Crippen LogP contribution in [0.25, 0.3) is 5.70 Å². The van der Waals surface area contributed by atoms with Gasteiger partial charge in [-0.05, 0) is 58.2 Å². The standard InChI is InChI=1S/C30H43N7O4S/c1-18-8-9-20(26(39)35-25(32)15-24(38)29(2,3)4)14-22(18)37(33)17-21(31)23-16-34-27(42-23)19-10-12-36(13-11-19)28(40)41-30(5,6)7/h8-9,14-17,19,38H,10-13,31,33H2,1-7H3,(H2,32,35,39)/b21-17-,24-15-. The third kappa shape index (κ3) is 8.80. The number of benzene rings is 1. The maximum Gasteiger partial charge on any atom is 0.410 e. The molecule has 0 bridgehead atoms. The van der Waals surface area contributed by atoms with E-state index in [-0.39, 0.29) is 23.6 Å². The van der Waals surface area contributed by atoms with Crippen LogP contribution in [0.1, 0.15) is 86.1 Å². The molecule has 1 aromatic heterocycles. The number of allylic oxidation sites excluding steroid dienone is 1. The Bertz CT molecular complexity index is 1380. The number of carbonyl (C=O) groups excluding carboxylic acids is 2. The molecule has 1 aliphatic heterocycles. The summed E-state index contributed by atoms with van der Waals surface area (Å²) in [6.45, 7) is 14.1. The number of rotatable bonds is 6. The summed E-state index contributed by atoms with van der Waals surface area (Å²) in [5, 5.41) is 22.9. The zero-order valence-corrected chi connectivity index (χ0v) is 26.3. The third-order valence-corrected chi connectivity index (χ3v) is 7.84. The van der Waals surface area contributed by atoms with Crippen molar-refractivity contribution < 1.29 is 19.4 Å². The van der Waals surface area contributed by atoms with Gasteiger partial charge >= 0.3 is 6.09 Å². The average molecular weight is 598 g/mol. The van der Waals surface area contributed by atoms with E-state index in [0.29, 0.717) is 30.0 Å². The molecule has 11 nitrogen and oxygen atoms in total. The number of aryl methyl sites for hydroxylation is 1. The Kier molecular flexibility index (Phi) is 10.1. The normalized spacial score (nSPS) is 15.4. The number of amidine groups is 1. The maximum atomic E-state index is 12.8. The van der Waals surface area contributed by atoms with Crippen LogP contribution >= 0.6 is 11.3 Å². The van der Waals surface area contributed by atoms with Gasteiger partial charge in [0.25, 0.3) is 5.91 Å². The summed E-state index contributed by atoms with van der Waals surface area (Å²) >= 11 is 1.49. The molecule has 3 rings (SSSR count). The van der Waals surface area contributed by atoms with Crippen LogP contribution in [0, 0.1) is 17.7 Å². The number of carbonyl (C=O) groups is 2. The first-order valence-corrected chi connectivity index (χ1v) is 14.6. The molecule has 12 heteroatoms. The number of likely N-dealkylation sites (tertiary alicyclic amines) is 1. The molecule has 1 saturated heterocycles. The fourth-order valence-corrected chi connectivity index (χ4v) is 5.15. The summed E-state index contributed by atoms with van der Waals surface area (Å²) in [5.41, 5.74) is 7.42. The van der Waals surface area contributed by atoms with E-state index in [9.17, 15) is 14.7 Å². The Balaban J connectivity index is 1.66. The second-order valence-electron chi connectivity index (χ2n) is 12.4. The first-order valence-electron chi connectivity index (χ1n) is 13.8. The molecule has 0 radical (unpaired) electrons. The molecule has 2 amide bonds. The number of hydrogen-bond acceptors (Lipinski definition) is 10. The molecule has 1 fully saturated rings. The van der Waals surface area contributed by atoms with E-state index in [0.717, 1.165) is 28.3 Å². The van der Waals surface area contributed by atoms with Crippen molar-refractivity contribution in [1.29, 1.82) is 5.41 Å². The van der Waals surface area contributed by atoms with Gasteiger partial charge in [-0.15, -0.1) is 11.3 Å². The van der Waals surface area contributed by atoms with Crippen LogP contribution in [0.2, 0.25) is 0 Å². The number of anilines is 1. The van der Waals surface area contributed by atoms with Crippen molar-refractivity contribution in [3.8, 4) is 0 Å². The van der Waals surface area contributed by atoms with Crippen molar-refractivity contribution in [3.63, 3.8) is 0 Å². The van der Waals surface area contributed by atoms with Crippen LogP contribution in [-0.2, 0) is 4.74 Å². The molecule has 1 aromatic carbocycles. The van der Waals surface area contributed by atoms with Gasteiger partial charge in [-0.1, -0.05) is 26.8 Å². The number of nitrogens with two attached hydrogens (primary N) is 2. The van der Waals surface area contributed by atoms with Crippen LogP contribution in [0.4, 0.5) is 10.5 Å². The second kappa shape index (κ2) is 13.0. The molecule has 1 aliphatic rings. The number of aliphatic hydroxyl groups excluding tert-OH is 1. The number of nitrogens with one attached hydrogen (secondary N) is 2. The van der Waals surface area contributed by atoms with E-state index in [4.69, 9.17) is 21.7 Å². The van der Waals surface area contributed by atoms with Crippen molar-refractivity contribution in [3.05, 3.63) is 63.4 Å². The molecule has 42 heavy (non-hydrogen) atoms. The van der Waals surface area contributed by atoms with Crippen LogP contribution < -0.4 is 21.9 Å². The lowest BCUT2D eigenvalue weighted by Crippen LogP contribution is -2.41. The average Bonchev–Trinajstić information content (AvgIpc) is 3.38. The zero-order chi connectivity index (χ0) is 31.4. The maximum absolute atomic E-state index is 12.8. The number of aromatic nitrogens is 1. The summed E-state index contributed by atoms with van der Waals surface area (Å²) in [7, 11) is 0. The Hall–Kier alpha value is -3.90. The second-order valence-corrected chi connectivity index (χ2v) is 13.5. The summed E-state index contributed by atoms with van der Waals surface area (Å²) in [6.07, 6.45) is 5.81. The van der Waals surface area contributed by atoms with Gasteiger partial charge in [0.1, 0.15) is 17.2 Å². The van der Waals surface area contributed by atoms with Crippen molar-refractivity contribution in [1.82, 2.24) is 15.2 Å². The number of piperidine rings is 1. The largest absolute Gasteiger partial charge is 0.512 e. The smallest absolute Gasteiger partial charge is 0.410 e. The molecule has 0 unspecified atom stereocenters. The van der Waals surface area contributed by atoms with Crippen LogP contribution in [0.15, 0.2) is 42.4 Å². The number of hydrazine groups is 1. The molecule has 2 aromatic rings. The predicted molar refractivity (Wildman–Crippen MR) is 167 cm³/mol. The van der Waals surface area contributed by atoms with Crippen LogP contribution in [0.3, 0.4) is 0 Å². The summed E-state index contributed by atoms with van der Waals surface area (Å²) < 4.78 is 5.49. The summed E-state index contributed by atoms with van der Waals surface area (Å²) in [4.78, 5) is 32.3. The van der Waals surface area contributed by atoms with Gasteiger partial charge in [0.15, 0.2) is 0 Å². The quantitative estimate of drug-likeness (QED) is 0.0969. The minimum absolute atomic E-state index is 0.0105. The predicted octanol–water partition coefficient (Wildman–Crippen LogP) is 5.40.